The highest BCUT2D eigenvalue weighted by atomic mass is 28.3. The molecule has 0 saturated carbocycles. The van der Waals surface area contributed by atoms with E-state index in [9.17, 15) is 4.79 Å². The van der Waals surface area contributed by atoms with E-state index < -0.39 is 15.4 Å². The van der Waals surface area contributed by atoms with E-state index in [4.69, 9.17) is 14.3 Å². The molecule has 0 aromatic heterocycles. The fourth-order valence-electron chi connectivity index (χ4n) is 1.54. The Morgan fingerprint density at radius 1 is 1.44 bits per heavy atom. The summed E-state index contributed by atoms with van der Waals surface area (Å²) in [5.41, 5.74) is 0. The molecular formula is C9H19N2O4Si. The van der Waals surface area contributed by atoms with Gasteiger partial charge in [-0.15, -0.1) is 0 Å². The predicted molar refractivity (Wildman–Crippen MR) is 60.0 cm³/mol. The standard InChI is InChI=1S/C9H19N2O4Si/c12-9(11-4-1-7-16(13)14)15-8-2-5-10-6-3-8/h8,10,13-14H,1-7H2,(H,11,12). The van der Waals surface area contributed by atoms with Gasteiger partial charge in [-0.05, 0) is 38.4 Å². The van der Waals surface area contributed by atoms with Gasteiger partial charge in [-0.25, -0.2) is 4.79 Å². The Hall–Kier alpha value is -0.633. The molecule has 0 spiro atoms. The van der Waals surface area contributed by atoms with Crippen LogP contribution in [-0.4, -0.2) is 50.7 Å². The second-order valence-electron chi connectivity index (χ2n) is 3.80. The minimum absolute atomic E-state index is 0.0107. The molecule has 1 rings (SSSR count). The normalized spacial score (nSPS) is 17.4. The molecule has 1 fully saturated rings. The molecule has 1 radical (unpaired) electrons. The molecule has 0 aromatic rings. The van der Waals surface area contributed by atoms with Gasteiger partial charge in [0.2, 0.25) is 0 Å². The summed E-state index contributed by atoms with van der Waals surface area (Å²) in [5.74, 6) is 0. The smallest absolute Gasteiger partial charge is 0.407 e. The summed E-state index contributed by atoms with van der Waals surface area (Å²) >= 11 is 0. The third-order valence-electron chi connectivity index (χ3n) is 2.41. The molecule has 1 amide bonds. The molecule has 4 N–H and O–H groups in total. The van der Waals surface area contributed by atoms with Crippen LogP contribution in [0.25, 0.3) is 0 Å². The molecule has 0 bridgehead atoms. The first-order valence-electron chi connectivity index (χ1n) is 5.57. The van der Waals surface area contributed by atoms with Crippen LogP contribution < -0.4 is 10.6 Å². The lowest BCUT2D eigenvalue weighted by atomic mass is 10.1. The van der Waals surface area contributed by atoms with Crippen molar-refractivity contribution in [1.82, 2.24) is 10.6 Å². The maximum absolute atomic E-state index is 11.3. The summed E-state index contributed by atoms with van der Waals surface area (Å²) in [6.07, 6.45) is 1.89. The number of carbonyl (C=O) groups excluding carboxylic acids is 1. The van der Waals surface area contributed by atoms with Crippen LogP contribution in [0.2, 0.25) is 6.04 Å². The first kappa shape index (κ1) is 13.4. The van der Waals surface area contributed by atoms with Crippen molar-refractivity contribution in [3.8, 4) is 0 Å². The van der Waals surface area contributed by atoms with E-state index in [1.165, 1.54) is 0 Å². The van der Waals surface area contributed by atoms with Gasteiger partial charge in [0.05, 0.1) is 0 Å². The summed E-state index contributed by atoms with van der Waals surface area (Å²) in [6.45, 7) is 2.20. The summed E-state index contributed by atoms with van der Waals surface area (Å²) in [7, 11) is -2.16. The van der Waals surface area contributed by atoms with E-state index in [1.54, 1.807) is 0 Å². The number of hydrogen-bond donors (Lipinski definition) is 4. The van der Waals surface area contributed by atoms with Gasteiger partial charge in [-0.2, -0.15) is 0 Å². The fourth-order valence-corrected chi connectivity index (χ4v) is 2.04. The van der Waals surface area contributed by atoms with E-state index >= 15 is 0 Å². The molecule has 6 nitrogen and oxygen atoms in total. The van der Waals surface area contributed by atoms with Crippen LogP contribution in [0.4, 0.5) is 4.79 Å². The van der Waals surface area contributed by atoms with E-state index in [2.05, 4.69) is 10.6 Å². The lowest BCUT2D eigenvalue weighted by molar-refractivity contribution is 0.0794. The minimum atomic E-state index is -2.16. The predicted octanol–water partition coefficient (Wildman–Crippen LogP) is -0.672. The van der Waals surface area contributed by atoms with Gasteiger partial charge in [0.15, 0.2) is 0 Å². The lowest BCUT2D eigenvalue weighted by Gasteiger charge is -2.22. The molecule has 7 heteroatoms. The Labute approximate surface area is 96.8 Å². The summed E-state index contributed by atoms with van der Waals surface area (Å²) < 4.78 is 5.19. The topological polar surface area (TPSA) is 90.8 Å². The van der Waals surface area contributed by atoms with Crippen LogP contribution >= 0.6 is 0 Å². The number of piperidine rings is 1. The largest absolute Gasteiger partial charge is 0.446 e. The Kier molecular flexibility index (Phi) is 6.39. The monoisotopic (exact) mass is 247 g/mol. The Morgan fingerprint density at radius 2 is 2.12 bits per heavy atom. The number of carbonyl (C=O) groups is 1. The van der Waals surface area contributed by atoms with Gasteiger partial charge in [0, 0.05) is 6.54 Å². The second kappa shape index (κ2) is 7.61. The van der Waals surface area contributed by atoms with Gasteiger partial charge >= 0.3 is 15.4 Å². The van der Waals surface area contributed by atoms with Crippen molar-refractivity contribution in [3.05, 3.63) is 0 Å². The Morgan fingerprint density at radius 3 is 2.75 bits per heavy atom. The number of hydrogen-bond acceptors (Lipinski definition) is 5. The zero-order valence-electron chi connectivity index (χ0n) is 9.24. The van der Waals surface area contributed by atoms with Crippen molar-refractivity contribution in [1.29, 1.82) is 0 Å². The first-order valence-corrected chi connectivity index (χ1v) is 7.17. The van der Waals surface area contributed by atoms with Crippen molar-refractivity contribution < 1.29 is 19.1 Å². The average Bonchev–Trinajstić information content (AvgIpc) is 2.25. The van der Waals surface area contributed by atoms with Crippen LogP contribution in [0.1, 0.15) is 19.3 Å². The highest BCUT2D eigenvalue weighted by Crippen LogP contribution is 2.06. The average molecular weight is 247 g/mol. The molecule has 1 saturated heterocycles. The summed E-state index contributed by atoms with van der Waals surface area (Å²) in [6, 6.07) is 0.359. The molecule has 93 valence electrons. The molecule has 0 unspecified atom stereocenters. The van der Waals surface area contributed by atoms with Crippen LogP contribution in [0, 0.1) is 0 Å². The molecule has 1 aliphatic heterocycles. The third kappa shape index (κ3) is 6.06. The zero-order valence-corrected chi connectivity index (χ0v) is 10.2. The van der Waals surface area contributed by atoms with Gasteiger partial charge < -0.3 is 25.0 Å². The second-order valence-corrected chi connectivity index (χ2v) is 5.13. The van der Waals surface area contributed by atoms with E-state index in [1.807, 2.05) is 0 Å². The van der Waals surface area contributed by atoms with Crippen LogP contribution in [0.5, 0.6) is 0 Å². The lowest BCUT2D eigenvalue weighted by Crippen LogP contribution is -2.37. The van der Waals surface area contributed by atoms with Gasteiger partial charge in [-0.1, -0.05) is 0 Å². The summed E-state index contributed by atoms with van der Waals surface area (Å²) in [5, 5.41) is 5.79. The Balaban J connectivity index is 2.01. The SMILES string of the molecule is O=C(NCCC[Si](O)O)OC1CCNCC1. The quantitative estimate of drug-likeness (QED) is 0.382. The number of rotatable bonds is 5. The highest BCUT2D eigenvalue weighted by Gasteiger charge is 2.16. The molecular weight excluding hydrogens is 228 g/mol. The number of amides is 1. The first-order chi connectivity index (χ1) is 7.68. The van der Waals surface area contributed by atoms with Crippen molar-refractivity contribution in [2.24, 2.45) is 0 Å². The molecule has 1 aliphatic rings. The van der Waals surface area contributed by atoms with Gasteiger partial charge in [0.1, 0.15) is 6.10 Å². The van der Waals surface area contributed by atoms with Gasteiger partial charge in [-0.3, -0.25) is 0 Å². The molecule has 0 aliphatic carbocycles. The highest BCUT2D eigenvalue weighted by molar-refractivity contribution is 6.40. The van der Waals surface area contributed by atoms with E-state index in [0.29, 0.717) is 19.0 Å². The zero-order chi connectivity index (χ0) is 11.8. The number of ether oxygens (including phenoxy) is 1. The van der Waals surface area contributed by atoms with Crippen LogP contribution in [0.3, 0.4) is 0 Å². The maximum Gasteiger partial charge on any atom is 0.407 e. The minimum Gasteiger partial charge on any atom is -0.446 e. The third-order valence-corrected chi connectivity index (χ3v) is 3.21. The number of alkyl carbamates (subject to hydrolysis) is 1. The van der Waals surface area contributed by atoms with Crippen LogP contribution in [0.15, 0.2) is 0 Å². The van der Waals surface area contributed by atoms with E-state index in [-0.39, 0.29) is 6.10 Å². The Bertz CT molecular complexity index is 210. The van der Waals surface area contributed by atoms with Crippen molar-refractivity contribution in [2.75, 3.05) is 19.6 Å². The van der Waals surface area contributed by atoms with E-state index in [0.717, 1.165) is 25.9 Å². The van der Waals surface area contributed by atoms with Crippen LogP contribution in [-0.2, 0) is 4.74 Å². The van der Waals surface area contributed by atoms with Crippen molar-refractivity contribution >= 4 is 15.4 Å². The molecule has 1 heterocycles. The molecule has 0 aromatic carbocycles. The fraction of sp³-hybridized carbons (Fsp3) is 0.889. The van der Waals surface area contributed by atoms with Crippen molar-refractivity contribution in [3.63, 3.8) is 0 Å². The summed E-state index contributed by atoms with van der Waals surface area (Å²) in [4.78, 5) is 28.7. The maximum atomic E-state index is 11.3. The number of nitrogens with one attached hydrogen (secondary N) is 2. The molecule has 0 atom stereocenters. The van der Waals surface area contributed by atoms with Gasteiger partial charge in [0.25, 0.3) is 0 Å². The van der Waals surface area contributed by atoms with Crippen molar-refractivity contribution in [2.45, 2.75) is 31.4 Å². The molecule has 16 heavy (non-hydrogen) atoms.